The monoisotopic (exact) mass is 315 g/mol. The van der Waals surface area contributed by atoms with Gasteiger partial charge in [-0.1, -0.05) is 6.07 Å². The number of ether oxygens (including phenoxy) is 1. The van der Waals surface area contributed by atoms with Crippen molar-refractivity contribution in [1.29, 1.82) is 0 Å². The highest BCUT2D eigenvalue weighted by Crippen LogP contribution is 2.20. The molecule has 1 aromatic carbocycles. The average Bonchev–Trinajstić information content (AvgIpc) is 2.52. The van der Waals surface area contributed by atoms with Crippen LogP contribution in [0.1, 0.15) is 30.9 Å². The van der Waals surface area contributed by atoms with Crippen LogP contribution in [0.3, 0.4) is 0 Å². The largest absolute Gasteiger partial charge is 0.396 e. The molecule has 0 radical (unpaired) electrons. The zero-order chi connectivity index (χ0) is 15.9. The van der Waals surface area contributed by atoms with Crippen molar-refractivity contribution >= 4 is 0 Å². The Morgan fingerprint density at radius 3 is 2.59 bits per heavy atom. The van der Waals surface area contributed by atoms with E-state index in [0.717, 1.165) is 38.1 Å². The topological polar surface area (TPSA) is 52.9 Å². The van der Waals surface area contributed by atoms with E-state index >= 15 is 0 Å². The molecular formula is C16H23F2NO3. The molecule has 0 aliphatic carbocycles. The standard InChI is InChI=1S/C16H23F2NO3/c17-14-3-2-12(10-15(14)18)16(21)11-19-6-4-13(5-7-19)22-9-1-8-20/h2-3,10,13,16,20-21H,1,4-9,11H2. The van der Waals surface area contributed by atoms with E-state index in [1.54, 1.807) is 0 Å². The molecule has 1 aliphatic rings. The van der Waals surface area contributed by atoms with Crippen LogP contribution in [0.15, 0.2) is 18.2 Å². The van der Waals surface area contributed by atoms with Gasteiger partial charge in [-0.2, -0.15) is 0 Å². The van der Waals surface area contributed by atoms with E-state index in [2.05, 4.69) is 4.90 Å². The summed E-state index contributed by atoms with van der Waals surface area (Å²) in [4.78, 5) is 2.10. The summed E-state index contributed by atoms with van der Waals surface area (Å²) in [6.07, 6.45) is 1.76. The molecule has 0 bridgehead atoms. The lowest BCUT2D eigenvalue weighted by Gasteiger charge is -2.33. The van der Waals surface area contributed by atoms with Crippen LogP contribution in [0.5, 0.6) is 0 Å². The predicted octanol–water partition coefficient (Wildman–Crippen LogP) is 1.86. The van der Waals surface area contributed by atoms with Crippen molar-refractivity contribution in [3.63, 3.8) is 0 Å². The van der Waals surface area contributed by atoms with E-state index < -0.39 is 17.7 Å². The summed E-state index contributed by atoms with van der Waals surface area (Å²) in [5.41, 5.74) is 0.389. The number of nitrogens with zero attached hydrogens (tertiary/aromatic N) is 1. The highest BCUT2D eigenvalue weighted by molar-refractivity contribution is 5.20. The van der Waals surface area contributed by atoms with Gasteiger partial charge in [-0.05, 0) is 37.0 Å². The van der Waals surface area contributed by atoms with Crippen LogP contribution >= 0.6 is 0 Å². The molecule has 4 nitrogen and oxygen atoms in total. The van der Waals surface area contributed by atoms with Crippen LogP contribution in [0.2, 0.25) is 0 Å². The summed E-state index contributed by atoms with van der Waals surface area (Å²) >= 11 is 0. The van der Waals surface area contributed by atoms with Crippen LogP contribution in [0, 0.1) is 11.6 Å². The molecule has 1 atom stereocenters. The molecule has 2 rings (SSSR count). The van der Waals surface area contributed by atoms with Gasteiger partial charge in [0.05, 0.1) is 12.2 Å². The third-order valence-electron chi connectivity index (χ3n) is 3.95. The third kappa shape index (κ3) is 4.98. The summed E-state index contributed by atoms with van der Waals surface area (Å²) in [6, 6.07) is 3.49. The fourth-order valence-electron chi connectivity index (χ4n) is 2.64. The molecule has 2 N–H and O–H groups in total. The normalized spacial score (nSPS) is 18.5. The maximum absolute atomic E-state index is 13.2. The fourth-order valence-corrected chi connectivity index (χ4v) is 2.64. The zero-order valence-electron chi connectivity index (χ0n) is 12.5. The van der Waals surface area contributed by atoms with E-state index in [0.29, 0.717) is 25.1 Å². The van der Waals surface area contributed by atoms with Crippen molar-refractivity contribution in [2.24, 2.45) is 0 Å². The van der Waals surface area contributed by atoms with E-state index in [-0.39, 0.29) is 12.7 Å². The number of rotatable bonds is 7. The summed E-state index contributed by atoms with van der Waals surface area (Å²) in [6.45, 7) is 2.70. The van der Waals surface area contributed by atoms with Gasteiger partial charge < -0.3 is 19.8 Å². The Labute approximate surface area is 129 Å². The first kappa shape index (κ1) is 17.3. The lowest BCUT2D eigenvalue weighted by atomic mass is 10.0. The van der Waals surface area contributed by atoms with Gasteiger partial charge in [0.15, 0.2) is 11.6 Å². The molecule has 1 fully saturated rings. The molecule has 0 amide bonds. The van der Waals surface area contributed by atoms with E-state index in [1.807, 2.05) is 0 Å². The number of aliphatic hydroxyl groups is 2. The Kier molecular flexibility index (Phi) is 6.70. The lowest BCUT2D eigenvalue weighted by molar-refractivity contribution is -0.00652. The Morgan fingerprint density at radius 1 is 1.23 bits per heavy atom. The van der Waals surface area contributed by atoms with Gasteiger partial charge in [0, 0.05) is 32.8 Å². The third-order valence-corrected chi connectivity index (χ3v) is 3.95. The van der Waals surface area contributed by atoms with Gasteiger partial charge in [0.2, 0.25) is 0 Å². The minimum Gasteiger partial charge on any atom is -0.396 e. The second kappa shape index (κ2) is 8.53. The van der Waals surface area contributed by atoms with Gasteiger partial charge in [0.1, 0.15) is 0 Å². The number of hydrogen-bond donors (Lipinski definition) is 2. The van der Waals surface area contributed by atoms with Gasteiger partial charge in [-0.15, -0.1) is 0 Å². The molecule has 1 aromatic rings. The first-order valence-corrected chi connectivity index (χ1v) is 7.68. The van der Waals surface area contributed by atoms with Crippen LogP contribution in [0.4, 0.5) is 8.78 Å². The maximum atomic E-state index is 13.2. The maximum Gasteiger partial charge on any atom is 0.159 e. The van der Waals surface area contributed by atoms with Crippen molar-refractivity contribution in [1.82, 2.24) is 4.90 Å². The summed E-state index contributed by atoms with van der Waals surface area (Å²) in [5.74, 6) is -1.84. The quantitative estimate of drug-likeness (QED) is 0.754. The summed E-state index contributed by atoms with van der Waals surface area (Å²) < 4.78 is 31.7. The summed E-state index contributed by atoms with van der Waals surface area (Å²) in [7, 11) is 0. The van der Waals surface area contributed by atoms with Crippen molar-refractivity contribution < 1.29 is 23.7 Å². The van der Waals surface area contributed by atoms with E-state index in [9.17, 15) is 13.9 Å². The molecule has 1 unspecified atom stereocenters. The predicted molar refractivity (Wildman–Crippen MR) is 78.4 cm³/mol. The SMILES string of the molecule is OCCCOC1CCN(CC(O)c2ccc(F)c(F)c2)CC1. The van der Waals surface area contributed by atoms with Crippen molar-refractivity contribution in [2.75, 3.05) is 32.8 Å². The minimum atomic E-state index is -0.937. The second-order valence-electron chi connectivity index (χ2n) is 5.64. The average molecular weight is 315 g/mol. The molecule has 0 aromatic heterocycles. The van der Waals surface area contributed by atoms with Crippen LogP contribution < -0.4 is 0 Å². The van der Waals surface area contributed by atoms with Gasteiger partial charge in [0.25, 0.3) is 0 Å². The Bertz CT molecular complexity index is 465. The molecule has 0 saturated carbocycles. The second-order valence-corrected chi connectivity index (χ2v) is 5.64. The van der Waals surface area contributed by atoms with Crippen molar-refractivity contribution in [3.8, 4) is 0 Å². The van der Waals surface area contributed by atoms with E-state index in [4.69, 9.17) is 9.84 Å². The van der Waals surface area contributed by atoms with Crippen molar-refractivity contribution in [3.05, 3.63) is 35.4 Å². The summed E-state index contributed by atoms with van der Waals surface area (Å²) in [5, 5.41) is 18.9. The molecule has 0 spiro atoms. The van der Waals surface area contributed by atoms with Crippen LogP contribution in [0.25, 0.3) is 0 Å². The Morgan fingerprint density at radius 2 is 1.95 bits per heavy atom. The van der Waals surface area contributed by atoms with Crippen LogP contribution in [-0.4, -0.2) is 54.1 Å². The highest BCUT2D eigenvalue weighted by Gasteiger charge is 2.22. The van der Waals surface area contributed by atoms with Gasteiger partial charge in [-0.3, -0.25) is 0 Å². The van der Waals surface area contributed by atoms with Crippen LogP contribution in [-0.2, 0) is 4.74 Å². The van der Waals surface area contributed by atoms with E-state index in [1.165, 1.54) is 6.07 Å². The first-order chi connectivity index (χ1) is 10.6. The molecule has 1 heterocycles. The Balaban J connectivity index is 1.76. The number of aliphatic hydroxyl groups excluding tert-OH is 2. The van der Waals surface area contributed by atoms with Gasteiger partial charge in [-0.25, -0.2) is 8.78 Å². The minimum absolute atomic E-state index is 0.138. The molecular weight excluding hydrogens is 292 g/mol. The fraction of sp³-hybridized carbons (Fsp3) is 0.625. The zero-order valence-corrected chi connectivity index (χ0v) is 12.5. The number of halogens is 2. The molecule has 1 saturated heterocycles. The number of hydrogen-bond acceptors (Lipinski definition) is 4. The van der Waals surface area contributed by atoms with Gasteiger partial charge >= 0.3 is 0 Å². The number of piperidine rings is 1. The molecule has 1 aliphatic heterocycles. The molecule has 124 valence electrons. The number of benzene rings is 1. The highest BCUT2D eigenvalue weighted by atomic mass is 19.2. The lowest BCUT2D eigenvalue weighted by Crippen LogP contribution is -2.39. The molecule has 22 heavy (non-hydrogen) atoms. The number of β-amino-alcohol motifs (C(OH)–C–C–N with tert-alkyl or cyclic N) is 1. The molecule has 6 heteroatoms. The number of likely N-dealkylation sites (tertiary alicyclic amines) is 1. The van der Waals surface area contributed by atoms with Crippen molar-refractivity contribution in [2.45, 2.75) is 31.5 Å². The first-order valence-electron chi connectivity index (χ1n) is 7.68. The smallest absolute Gasteiger partial charge is 0.159 e. The Hall–Kier alpha value is -1.08.